The Bertz CT molecular complexity index is 2070. The summed E-state index contributed by atoms with van der Waals surface area (Å²) in [5.74, 6) is -0.351. The highest BCUT2D eigenvalue weighted by molar-refractivity contribution is 7.92. The molecule has 3 heterocycles. The predicted octanol–water partition coefficient (Wildman–Crippen LogP) is 6.51. The molecule has 0 fully saturated rings. The number of anilines is 1. The second-order valence-corrected chi connectivity index (χ2v) is 13.8. The highest BCUT2D eigenvalue weighted by Crippen LogP contribution is 2.40. The van der Waals surface area contributed by atoms with Crippen molar-refractivity contribution in [3.8, 4) is 16.3 Å². The van der Waals surface area contributed by atoms with Crippen LogP contribution in [0.1, 0.15) is 27.0 Å². The number of hydrogen-bond acceptors (Lipinski definition) is 9. The zero-order valence-electron chi connectivity index (χ0n) is 22.7. The SMILES string of the molecule is Cc1c(-c2cc(C(=O)NS(=O)(=O)c3cnc(N)s3)c3c(OCCc4ccccc4)ccc(C)c3n2)sc2ccccc12. The van der Waals surface area contributed by atoms with E-state index in [1.54, 1.807) is 23.5 Å². The Morgan fingerprint density at radius 1 is 1.00 bits per heavy atom. The molecule has 11 heteroatoms. The van der Waals surface area contributed by atoms with Crippen molar-refractivity contribution in [3.63, 3.8) is 0 Å². The first-order chi connectivity index (χ1) is 20.2. The molecule has 0 spiro atoms. The molecule has 6 rings (SSSR count). The molecule has 0 atom stereocenters. The number of nitrogens with one attached hydrogen (secondary N) is 1. The third kappa shape index (κ3) is 5.34. The van der Waals surface area contributed by atoms with Gasteiger partial charge >= 0.3 is 0 Å². The van der Waals surface area contributed by atoms with Gasteiger partial charge in [-0.2, -0.15) is 0 Å². The second kappa shape index (κ2) is 11.2. The molecule has 0 aliphatic heterocycles. The maximum atomic E-state index is 13.8. The van der Waals surface area contributed by atoms with E-state index in [1.165, 1.54) is 0 Å². The molecule has 42 heavy (non-hydrogen) atoms. The van der Waals surface area contributed by atoms with Crippen molar-refractivity contribution >= 4 is 64.7 Å². The number of fused-ring (bicyclic) bond motifs is 2. The number of carbonyl (C=O) groups excluding carboxylic acids is 1. The van der Waals surface area contributed by atoms with E-state index < -0.39 is 15.9 Å². The number of nitrogens with two attached hydrogens (primary N) is 1. The summed E-state index contributed by atoms with van der Waals surface area (Å²) in [7, 11) is -4.22. The Balaban J connectivity index is 1.48. The van der Waals surface area contributed by atoms with Gasteiger partial charge in [-0.05, 0) is 54.1 Å². The van der Waals surface area contributed by atoms with Crippen LogP contribution in [-0.2, 0) is 16.4 Å². The van der Waals surface area contributed by atoms with Crippen LogP contribution in [0.3, 0.4) is 0 Å². The van der Waals surface area contributed by atoms with Gasteiger partial charge in [0.1, 0.15) is 5.75 Å². The number of thiazole rings is 1. The summed E-state index contributed by atoms with van der Waals surface area (Å²) in [5, 5.41) is 1.64. The van der Waals surface area contributed by atoms with Crippen LogP contribution in [0.2, 0.25) is 0 Å². The summed E-state index contributed by atoms with van der Waals surface area (Å²) in [5.41, 5.74) is 9.92. The number of ether oxygens (including phenoxy) is 1. The van der Waals surface area contributed by atoms with Gasteiger partial charge in [-0.3, -0.25) is 4.79 Å². The molecule has 212 valence electrons. The standard InChI is InChI=1S/C31H26N4O4S3/c1-18-12-13-24(39-15-14-20-8-4-3-5-9-20)27-22(30(36)35-42(37,38)26-17-33-31(32)41-26)16-23(34-28(18)27)29-19(2)21-10-6-7-11-25(21)40-29/h3-13,16-17H,14-15H2,1-2H3,(H2,32,33)(H,35,36). The van der Waals surface area contributed by atoms with Crippen molar-refractivity contribution in [2.45, 2.75) is 24.5 Å². The third-order valence-corrected chi connectivity index (χ3v) is 10.8. The number of aromatic nitrogens is 2. The number of thiophene rings is 1. The minimum atomic E-state index is -4.22. The lowest BCUT2D eigenvalue weighted by atomic mass is 10.0. The van der Waals surface area contributed by atoms with Gasteiger partial charge in [-0.1, -0.05) is 65.9 Å². The van der Waals surface area contributed by atoms with Gasteiger partial charge < -0.3 is 10.5 Å². The molecule has 6 aromatic rings. The van der Waals surface area contributed by atoms with Crippen LogP contribution in [-0.4, -0.2) is 30.9 Å². The summed E-state index contributed by atoms with van der Waals surface area (Å²) >= 11 is 2.36. The van der Waals surface area contributed by atoms with Gasteiger partial charge in [0.2, 0.25) is 0 Å². The first kappa shape index (κ1) is 27.8. The number of rotatable bonds is 8. The van der Waals surface area contributed by atoms with E-state index in [9.17, 15) is 13.2 Å². The molecule has 3 N–H and O–H groups in total. The smallest absolute Gasteiger partial charge is 0.275 e. The number of amides is 1. The van der Waals surface area contributed by atoms with Crippen molar-refractivity contribution in [3.05, 3.63) is 101 Å². The minimum Gasteiger partial charge on any atom is -0.493 e. The maximum absolute atomic E-state index is 13.8. The Kier molecular flexibility index (Phi) is 7.40. The lowest BCUT2D eigenvalue weighted by molar-refractivity contribution is 0.0982. The summed E-state index contributed by atoms with van der Waals surface area (Å²) in [6.07, 6.45) is 1.79. The first-order valence-corrected chi connectivity index (χ1v) is 16.2. The fourth-order valence-corrected chi connectivity index (χ4v) is 7.88. The monoisotopic (exact) mass is 614 g/mol. The van der Waals surface area contributed by atoms with Gasteiger partial charge in [0.25, 0.3) is 15.9 Å². The summed E-state index contributed by atoms with van der Waals surface area (Å²) in [4.78, 5) is 23.6. The van der Waals surface area contributed by atoms with E-state index >= 15 is 0 Å². The number of sulfonamides is 1. The largest absolute Gasteiger partial charge is 0.493 e. The molecule has 0 saturated heterocycles. The molecular formula is C31H26N4O4S3. The number of nitrogens with zero attached hydrogens (tertiary/aromatic N) is 2. The average Bonchev–Trinajstić information content (AvgIpc) is 3.58. The lowest BCUT2D eigenvalue weighted by Crippen LogP contribution is -2.30. The van der Waals surface area contributed by atoms with E-state index in [-0.39, 0.29) is 14.9 Å². The molecule has 0 radical (unpaired) electrons. The van der Waals surface area contributed by atoms with Gasteiger partial charge in [0.15, 0.2) is 9.34 Å². The Morgan fingerprint density at radius 3 is 2.50 bits per heavy atom. The molecule has 3 aromatic heterocycles. The molecule has 0 bridgehead atoms. The molecule has 0 unspecified atom stereocenters. The van der Waals surface area contributed by atoms with E-state index in [4.69, 9.17) is 15.5 Å². The van der Waals surface area contributed by atoms with Crippen molar-refractivity contribution in [2.75, 3.05) is 12.3 Å². The normalized spacial score (nSPS) is 11.7. The molecule has 0 aliphatic carbocycles. The zero-order chi connectivity index (χ0) is 29.4. The molecule has 1 amide bonds. The molecule has 3 aromatic carbocycles. The van der Waals surface area contributed by atoms with Crippen LogP contribution in [0.4, 0.5) is 5.13 Å². The van der Waals surface area contributed by atoms with Crippen LogP contribution in [0.25, 0.3) is 31.6 Å². The molecule has 0 saturated carbocycles. The number of benzene rings is 3. The second-order valence-electron chi connectivity index (χ2n) is 9.75. The van der Waals surface area contributed by atoms with Gasteiger partial charge in [-0.25, -0.2) is 23.1 Å². The van der Waals surface area contributed by atoms with Gasteiger partial charge in [-0.15, -0.1) is 11.3 Å². The Labute approximate surface area is 250 Å². The third-order valence-electron chi connectivity index (χ3n) is 6.93. The van der Waals surface area contributed by atoms with Crippen molar-refractivity contribution in [1.82, 2.24) is 14.7 Å². The number of hydrogen-bond donors (Lipinski definition) is 2. The lowest BCUT2D eigenvalue weighted by Gasteiger charge is -2.16. The van der Waals surface area contributed by atoms with Crippen LogP contribution < -0.4 is 15.2 Å². The summed E-state index contributed by atoms with van der Waals surface area (Å²) in [6, 6.07) is 23.3. The number of pyridine rings is 1. The molecular weight excluding hydrogens is 589 g/mol. The first-order valence-electron chi connectivity index (χ1n) is 13.1. The topological polar surface area (TPSA) is 124 Å². The van der Waals surface area contributed by atoms with E-state index in [1.807, 2.05) is 68.4 Å². The number of aryl methyl sites for hydroxylation is 2. The number of nitrogen functional groups attached to an aromatic ring is 1. The predicted molar refractivity (Wildman–Crippen MR) is 169 cm³/mol. The average molecular weight is 615 g/mol. The summed E-state index contributed by atoms with van der Waals surface area (Å²) < 4.78 is 35.6. The van der Waals surface area contributed by atoms with Crippen LogP contribution in [0.15, 0.2) is 83.2 Å². The molecule has 8 nitrogen and oxygen atoms in total. The highest BCUT2D eigenvalue weighted by Gasteiger charge is 2.26. The van der Waals surface area contributed by atoms with Crippen molar-refractivity contribution < 1.29 is 17.9 Å². The highest BCUT2D eigenvalue weighted by atomic mass is 32.2. The van der Waals surface area contributed by atoms with Gasteiger partial charge in [0.05, 0.1) is 39.8 Å². The molecule has 0 aliphatic rings. The maximum Gasteiger partial charge on any atom is 0.275 e. The fourth-order valence-electron chi connectivity index (χ4n) is 4.82. The quantitative estimate of drug-likeness (QED) is 0.200. The Morgan fingerprint density at radius 2 is 1.76 bits per heavy atom. The van der Waals surface area contributed by atoms with Crippen LogP contribution >= 0.6 is 22.7 Å². The van der Waals surface area contributed by atoms with E-state index in [0.29, 0.717) is 35.4 Å². The Hall–Kier alpha value is -4.32. The van der Waals surface area contributed by atoms with Crippen LogP contribution in [0.5, 0.6) is 5.75 Å². The van der Waals surface area contributed by atoms with Crippen molar-refractivity contribution in [2.24, 2.45) is 0 Å². The summed E-state index contributed by atoms with van der Waals surface area (Å²) in [6.45, 7) is 4.29. The van der Waals surface area contributed by atoms with Gasteiger partial charge in [0, 0.05) is 11.1 Å². The van der Waals surface area contributed by atoms with Crippen molar-refractivity contribution in [1.29, 1.82) is 0 Å². The van der Waals surface area contributed by atoms with E-state index in [2.05, 4.69) is 15.8 Å². The van der Waals surface area contributed by atoms with E-state index in [0.717, 1.165) is 49.2 Å². The fraction of sp³-hybridized carbons (Fsp3) is 0.129. The van der Waals surface area contributed by atoms with Crippen LogP contribution in [0, 0.1) is 13.8 Å². The number of carbonyl (C=O) groups is 1. The zero-order valence-corrected chi connectivity index (χ0v) is 25.2. The minimum absolute atomic E-state index is 0.0874.